The van der Waals surface area contributed by atoms with Crippen molar-refractivity contribution in [1.82, 2.24) is 15.5 Å². The van der Waals surface area contributed by atoms with Gasteiger partial charge in [-0.3, -0.25) is 4.79 Å². The first-order chi connectivity index (χ1) is 7.30. The summed E-state index contributed by atoms with van der Waals surface area (Å²) < 4.78 is 0. The van der Waals surface area contributed by atoms with Crippen LogP contribution >= 0.6 is 11.3 Å². The van der Waals surface area contributed by atoms with Gasteiger partial charge in [0, 0.05) is 12.0 Å². The van der Waals surface area contributed by atoms with E-state index in [1.807, 2.05) is 0 Å². The molecule has 16 heavy (non-hydrogen) atoms. The van der Waals surface area contributed by atoms with E-state index in [1.165, 1.54) is 11.3 Å². The molecule has 90 valence electrons. The van der Waals surface area contributed by atoms with Gasteiger partial charge in [0.15, 0.2) is 0 Å². The topological polar surface area (TPSA) is 54.9 Å². The molecule has 0 atom stereocenters. The molecule has 1 aromatic rings. The monoisotopic (exact) mass is 241 g/mol. The molecule has 1 N–H and O–H groups in total. The van der Waals surface area contributed by atoms with Gasteiger partial charge in [-0.2, -0.15) is 0 Å². The highest BCUT2D eigenvalue weighted by Gasteiger charge is 2.21. The van der Waals surface area contributed by atoms with Crippen LogP contribution in [-0.4, -0.2) is 22.6 Å². The van der Waals surface area contributed by atoms with E-state index in [9.17, 15) is 4.79 Å². The molecule has 0 aromatic carbocycles. The van der Waals surface area contributed by atoms with Crippen molar-refractivity contribution in [3.05, 3.63) is 10.0 Å². The zero-order chi connectivity index (χ0) is 12.3. The second-order valence-electron chi connectivity index (χ2n) is 5.27. The van der Waals surface area contributed by atoms with Crippen LogP contribution in [0.25, 0.3) is 0 Å². The molecular formula is C11H19N3OS. The van der Waals surface area contributed by atoms with E-state index in [-0.39, 0.29) is 11.3 Å². The Morgan fingerprint density at radius 1 is 1.38 bits per heavy atom. The number of amides is 1. The molecule has 4 nitrogen and oxygen atoms in total. The lowest BCUT2D eigenvalue weighted by molar-refractivity contribution is 0.0948. The zero-order valence-corrected chi connectivity index (χ0v) is 11.3. The van der Waals surface area contributed by atoms with Gasteiger partial charge in [-0.25, -0.2) is 0 Å². The lowest BCUT2D eigenvalue weighted by Crippen LogP contribution is -2.27. The number of hydrogen-bond donors (Lipinski definition) is 1. The fourth-order valence-corrected chi connectivity index (χ4v) is 1.81. The van der Waals surface area contributed by atoms with E-state index in [0.29, 0.717) is 17.5 Å². The van der Waals surface area contributed by atoms with Gasteiger partial charge in [-0.1, -0.05) is 46.0 Å². The Morgan fingerprint density at radius 3 is 2.44 bits per heavy atom. The highest BCUT2D eigenvalue weighted by Crippen LogP contribution is 2.25. The number of aromatic nitrogens is 2. The maximum absolute atomic E-state index is 11.7. The molecule has 1 amide bonds. The highest BCUT2D eigenvalue weighted by atomic mass is 32.1. The normalized spacial score (nSPS) is 11.9. The number of carbonyl (C=O) groups is 1. The van der Waals surface area contributed by atoms with E-state index in [4.69, 9.17) is 0 Å². The molecule has 0 aliphatic carbocycles. The number of carbonyl (C=O) groups excluding carboxylic acids is 1. The molecule has 0 spiro atoms. The highest BCUT2D eigenvalue weighted by molar-refractivity contribution is 7.13. The Balaban J connectivity index is 2.67. The molecule has 0 unspecified atom stereocenters. The van der Waals surface area contributed by atoms with E-state index in [2.05, 4.69) is 50.1 Å². The SMILES string of the molecule is CC(C)CNC(=O)c1nnc(C(C)(C)C)s1. The lowest BCUT2D eigenvalue weighted by Gasteiger charge is -2.12. The Bertz CT molecular complexity index is 366. The van der Waals surface area contributed by atoms with Crippen LogP contribution in [0.1, 0.15) is 49.4 Å². The van der Waals surface area contributed by atoms with Gasteiger partial charge < -0.3 is 5.32 Å². The summed E-state index contributed by atoms with van der Waals surface area (Å²) in [5, 5.41) is 12.1. The van der Waals surface area contributed by atoms with Crippen LogP contribution in [-0.2, 0) is 5.41 Å². The Kier molecular flexibility index (Phi) is 4.02. The summed E-state index contributed by atoms with van der Waals surface area (Å²) in [5.41, 5.74) is -0.0474. The fourth-order valence-electron chi connectivity index (χ4n) is 0.991. The molecule has 1 aromatic heterocycles. The van der Waals surface area contributed by atoms with Crippen molar-refractivity contribution in [3.8, 4) is 0 Å². The van der Waals surface area contributed by atoms with E-state index in [1.54, 1.807) is 0 Å². The summed E-state index contributed by atoms with van der Waals surface area (Å²) in [6.45, 7) is 11.0. The van der Waals surface area contributed by atoms with Crippen molar-refractivity contribution in [2.45, 2.75) is 40.0 Å². The van der Waals surface area contributed by atoms with Crippen LogP contribution < -0.4 is 5.32 Å². The first-order valence-electron chi connectivity index (χ1n) is 5.43. The smallest absolute Gasteiger partial charge is 0.282 e. The van der Waals surface area contributed by atoms with Crippen LogP contribution in [0.5, 0.6) is 0 Å². The van der Waals surface area contributed by atoms with Crippen molar-refractivity contribution in [2.24, 2.45) is 5.92 Å². The molecule has 0 saturated heterocycles. The zero-order valence-electron chi connectivity index (χ0n) is 10.5. The van der Waals surface area contributed by atoms with Gasteiger partial charge in [-0.15, -0.1) is 10.2 Å². The number of nitrogens with zero attached hydrogens (tertiary/aromatic N) is 2. The molecule has 0 radical (unpaired) electrons. The third-order valence-corrected chi connectivity index (χ3v) is 3.28. The van der Waals surface area contributed by atoms with Crippen LogP contribution in [0.15, 0.2) is 0 Å². The molecule has 0 bridgehead atoms. The van der Waals surface area contributed by atoms with Gasteiger partial charge in [0.05, 0.1) is 0 Å². The average Bonchev–Trinajstić information content (AvgIpc) is 2.61. The van der Waals surface area contributed by atoms with Crippen LogP contribution in [0, 0.1) is 5.92 Å². The summed E-state index contributed by atoms with van der Waals surface area (Å²) >= 11 is 1.37. The number of hydrogen-bond acceptors (Lipinski definition) is 4. The quantitative estimate of drug-likeness (QED) is 0.882. The van der Waals surface area contributed by atoms with E-state index in [0.717, 1.165) is 5.01 Å². The van der Waals surface area contributed by atoms with Gasteiger partial charge in [0.2, 0.25) is 5.01 Å². The van der Waals surface area contributed by atoms with Crippen molar-refractivity contribution in [2.75, 3.05) is 6.54 Å². The average molecular weight is 241 g/mol. The van der Waals surface area contributed by atoms with E-state index < -0.39 is 0 Å². The summed E-state index contributed by atoms with van der Waals surface area (Å²) in [6.07, 6.45) is 0. The van der Waals surface area contributed by atoms with Gasteiger partial charge in [0.1, 0.15) is 5.01 Å². The van der Waals surface area contributed by atoms with E-state index >= 15 is 0 Å². The first-order valence-corrected chi connectivity index (χ1v) is 6.24. The molecule has 0 aliphatic rings. The molecular weight excluding hydrogens is 222 g/mol. The Labute approximate surface area is 100 Å². The summed E-state index contributed by atoms with van der Waals surface area (Å²) in [4.78, 5) is 11.7. The summed E-state index contributed by atoms with van der Waals surface area (Å²) in [7, 11) is 0. The lowest BCUT2D eigenvalue weighted by atomic mass is 9.98. The molecule has 1 rings (SSSR count). The fraction of sp³-hybridized carbons (Fsp3) is 0.727. The maximum Gasteiger partial charge on any atom is 0.282 e. The van der Waals surface area contributed by atoms with Crippen molar-refractivity contribution < 1.29 is 4.79 Å². The van der Waals surface area contributed by atoms with Crippen LogP contribution in [0.3, 0.4) is 0 Å². The minimum absolute atomic E-state index is 0.0474. The Hall–Kier alpha value is -0.970. The molecule has 0 saturated carbocycles. The van der Waals surface area contributed by atoms with Gasteiger partial charge >= 0.3 is 0 Å². The summed E-state index contributed by atoms with van der Waals surface area (Å²) in [5.74, 6) is 0.320. The molecule has 5 heteroatoms. The van der Waals surface area contributed by atoms with Crippen LogP contribution in [0.2, 0.25) is 0 Å². The minimum atomic E-state index is -0.123. The predicted octanol–water partition coefficient (Wildman–Crippen LogP) is 2.22. The van der Waals surface area contributed by atoms with Crippen LogP contribution in [0.4, 0.5) is 0 Å². The Morgan fingerprint density at radius 2 is 2.00 bits per heavy atom. The minimum Gasteiger partial charge on any atom is -0.350 e. The van der Waals surface area contributed by atoms with Gasteiger partial charge in [0.25, 0.3) is 5.91 Å². The maximum atomic E-state index is 11.7. The first kappa shape index (κ1) is 13.1. The second kappa shape index (κ2) is 4.91. The largest absolute Gasteiger partial charge is 0.350 e. The van der Waals surface area contributed by atoms with Crippen molar-refractivity contribution >= 4 is 17.2 Å². The standard InChI is InChI=1S/C11H19N3OS/c1-7(2)6-12-8(15)9-13-14-10(16-9)11(3,4)5/h7H,6H2,1-5H3,(H,12,15). The van der Waals surface area contributed by atoms with Gasteiger partial charge in [-0.05, 0) is 5.92 Å². The molecule has 0 fully saturated rings. The molecule has 1 heterocycles. The van der Waals surface area contributed by atoms with Crippen molar-refractivity contribution in [1.29, 1.82) is 0 Å². The number of nitrogens with one attached hydrogen (secondary N) is 1. The predicted molar refractivity (Wildman–Crippen MR) is 65.8 cm³/mol. The third kappa shape index (κ3) is 3.56. The second-order valence-corrected chi connectivity index (χ2v) is 6.24. The summed E-state index contributed by atoms with van der Waals surface area (Å²) in [6, 6.07) is 0. The molecule has 0 aliphatic heterocycles. The van der Waals surface area contributed by atoms with Crippen molar-refractivity contribution in [3.63, 3.8) is 0 Å². The number of rotatable bonds is 3. The third-order valence-electron chi connectivity index (χ3n) is 1.93.